The second-order valence-electron chi connectivity index (χ2n) is 3.63. The van der Waals surface area contributed by atoms with Crippen LogP contribution in [0.15, 0.2) is 24.3 Å². The molecule has 1 rings (SSSR count). The minimum absolute atomic E-state index is 0.255. The maximum absolute atomic E-state index is 12.1. The molecule has 6 heteroatoms. The van der Waals surface area contributed by atoms with Crippen LogP contribution < -0.4 is 10.0 Å². The number of nitrogen functional groups attached to an aromatic ring is 1. The standard InChI is InChI=1S/C11H15N3O2S/c1-3-11(8-12)17(15,16)14(2)10-6-4-5-9(13)7-10/h4-7,11H,3,13H2,1-2H3. The van der Waals surface area contributed by atoms with Gasteiger partial charge in [0.25, 0.3) is 10.0 Å². The SMILES string of the molecule is CCC(C#N)S(=O)(=O)N(C)c1cccc(N)c1. The first-order valence-electron chi connectivity index (χ1n) is 5.16. The van der Waals surface area contributed by atoms with E-state index in [2.05, 4.69) is 0 Å². The molecule has 0 aliphatic heterocycles. The van der Waals surface area contributed by atoms with E-state index < -0.39 is 15.3 Å². The van der Waals surface area contributed by atoms with E-state index in [0.717, 1.165) is 4.31 Å². The van der Waals surface area contributed by atoms with Crippen LogP contribution in [0.3, 0.4) is 0 Å². The zero-order chi connectivity index (χ0) is 13.1. The lowest BCUT2D eigenvalue weighted by atomic mass is 10.3. The number of nitrogens with two attached hydrogens (primary N) is 1. The van der Waals surface area contributed by atoms with E-state index in [1.54, 1.807) is 37.3 Å². The quantitative estimate of drug-likeness (QED) is 0.820. The summed E-state index contributed by atoms with van der Waals surface area (Å²) in [4.78, 5) is 0. The highest BCUT2D eigenvalue weighted by Crippen LogP contribution is 2.21. The van der Waals surface area contributed by atoms with Crippen molar-refractivity contribution in [3.8, 4) is 6.07 Å². The minimum atomic E-state index is -3.65. The largest absolute Gasteiger partial charge is 0.399 e. The van der Waals surface area contributed by atoms with Gasteiger partial charge in [-0.15, -0.1) is 0 Å². The molecule has 92 valence electrons. The molecule has 0 amide bonds. The molecule has 0 aliphatic carbocycles. The second-order valence-corrected chi connectivity index (χ2v) is 5.78. The number of sulfonamides is 1. The molecule has 0 aromatic heterocycles. The van der Waals surface area contributed by atoms with Crippen LogP contribution in [0.4, 0.5) is 11.4 Å². The molecule has 1 unspecified atom stereocenters. The summed E-state index contributed by atoms with van der Waals surface area (Å²) in [6.45, 7) is 1.67. The molecule has 0 spiro atoms. The first-order valence-corrected chi connectivity index (χ1v) is 6.66. The van der Waals surface area contributed by atoms with E-state index in [0.29, 0.717) is 11.4 Å². The van der Waals surface area contributed by atoms with Crippen molar-refractivity contribution >= 4 is 21.4 Å². The van der Waals surface area contributed by atoms with Gasteiger partial charge in [0.2, 0.25) is 0 Å². The summed E-state index contributed by atoms with van der Waals surface area (Å²) in [6.07, 6.45) is 0.255. The van der Waals surface area contributed by atoms with Crippen LogP contribution >= 0.6 is 0 Å². The van der Waals surface area contributed by atoms with Gasteiger partial charge in [0.1, 0.15) is 0 Å². The molecular weight excluding hydrogens is 238 g/mol. The zero-order valence-electron chi connectivity index (χ0n) is 9.79. The predicted octanol–water partition coefficient (Wildman–Crippen LogP) is 1.34. The highest BCUT2D eigenvalue weighted by atomic mass is 32.2. The molecular formula is C11H15N3O2S. The third kappa shape index (κ3) is 2.68. The average Bonchev–Trinajstić information content (AvgIpc) is 2.29. The van der Waals surface area contributed by atoms with Crippen LogP contribution in [-0.4, -0.2) is 20.7 Å². The maximum Gasteiger partial charge on any atom is 0.251 e. The first kappa shape index (κ1) is 13.3. The van der Waals surface area contributed by atoms with Crippen LogP contribution in [0.2, 0.25) is 0 Å². The molecule has 1 atom stereocenters. The van der Waals surface area contributed by atoms with Gasteiger partial charge in [-0.2, -0.15) is 5.26 Å². The third-order valence-corrected chi connectivity index (χ3v) is 4.62. The number of rotatable bonds is 4. The predicted molar refractivity (Wildman–Crippen MR) is 67.9 cm³/mol. The molecule has 0 saturated heterocycles. The Bertz CT molecular complexity index is 534. The van der Waals surface area contributed by atoms with Crippen LogP contribution in [0.1, 0.15) is 13.3 Å². The first-order chi connectivity index (χ1) is 7.93. The van der Waals surface area contributed by atoms with E-state index in [9.17, 15) is 8.42 Å². The maximum atomic E-state index is 12.1. The molecule has 0 bridgehead atoms. The van der Waals surface area contributed by atoms with E-state index >= 15 is 0 Å². The number of nitrogens with zero attached hydrogens (tertiary/aromatic N) is 2. The van der Waals surface area contributed by atoms with Crippen LogP contribution in [0, 0.1) is 11.3 Å². The van der Waals surface area contributed by atoms with Crippen molar-refractivity contribution < 1.29 is 8.42 Å². The fraction of sp³-hybridized carbons (Fsp3) is 0.364. The molecule has 0 radical (unpaired) electrons. The summed E-state index contributed by atoms with van der Waals surface area (Å²) >= 11 is 0. The number of benzene rings is 1. The molecule has 0 aliphatic rings. The molecule has 0 fully saturated rings. The topological polar surface area (TPSA) is 87.2 Å². The Morgan fingerprint density at radius 2 is 2.18 bits per heavy atom. The molecule has 17 heavy (non-hydrogen) atoms. The number of hydrogen-bond acceptors (Lipinski definition) is 4. The summed E-state index contributed by atoms with van der Waals surface area (Å²) in [5, 5.41) is 7.80. The fourth-order valence-corrected chi connectivity index (χ4v) is 2.77. The van der Waals surface area contributed by atoms with E-state index in [-0.39, 0.29) is 6.42 Å². The molecule has 5 nitrogen and oxygen atoms in total. The Hall–Kier alpha value is -1.74. The summed E-state index contributed by atoms with van der Waals surface area (Å²) in [7, 11) is -2.23. The van der Waals surface area contributed by atoms with Crippen LogP contribution in [0.25, 0.3) is 0 Å². The van der Waals surface area contributed by atoms with Crippen molar-refractivity contribution in [2.24, 2.45) is 0 Å². The number of nitriles is 1. The van der Waals surface area contributed by atoms with Gasteiger partial charge in [-0.25, -0.2) is 8.42 Å². The summed E-state index contributed by atoms with van der Waals surface area (Å²) in [5.41, 5.74) is 6.53. The Balaban J connectivity index is 3.14. The van der Waals surface area contributed by atoms with Gasteiger partial charge in [-0.05, 0) is 24.6 Å². The highest BCUT2D eigenvalue weighted by Gasteiger charge is 2.28. The second kappa shape index (κ2) is 5.06. The van der Waals surface area contributed by atoms with Gasteiger partial charge in [0.05, 0.1) is 11.8 Å². The number of anilines is 2. The monoisotopic (exact) mass is 253 g/mol. The lowest BCUT2D eigenvalue weighted by Crippen LogP contribution is -2.35. The van der Waals surface area contributed by atoms with Crippen molar-refractivity contribution in [2.75, 3.05) is 17.1 Å². The molecule has 1 aromatic carbocycles. The van der Waals surface area contributed by atoms with Crippen molar-refractivity contribution in [3.05, 3.63) is 24.3 Å². The van der Waals surface area contributed by atoms with E-state index in [1.807, 2.05) is 0 Å². The normalized spacial score (nSPS) is 12.8. The van der Waals surface area contributed by atoms with Gasteiger partial charge >= 0.3 is 0 Å². The van der Waals surface area contributed by atoms with Crippen molar-refractivity contribution in [1.29, 1.82) is 5.26 Å². The molecule has 0 saturated carbocycles. The summed E-state index contributed by atoms with van der Waals surface area (Å²) in [6, 6.07) is 8.33. The third-order valence-electron chi connectivity index (χ3n) is 2.49. The lowest BCUT2D eigenvalue weighted by Gasteiger charge is -2.22. The molecule has 2 N–H and O–H groups in total. The Morgan fingerprint density at radius 1 is 1.53 bits per heavy atom. The van der Waals surface area contributed by atoms with E-state index in [4.69, 9.17) is 11.0 Å². The minimum Gasteiger partial charge on any atom is -0.399 e. The van der Waals surface area contributed by atoms with Crippen LogP contribution in [-0.2, 0) is 10.0 Å². The molecule has 0 heterocycles. The van der Waals surface area contributed by atoms with Gasteiger partial charge < -0.3 is 5.73 Å². The van der Waals surface area contributed by atoms with Gasteiger partial charge in [-0.1, -0.05) is 13.0 Å². The van der Waals surface area contributed by atoms with Crippen molar-refractivity contribution in [1.82, 2.24) is 0 Å². The zero-order valence-corrected chi connectivity index (χ0v) is 10.6. The van der Waals surface area contributed by atoms with Crippen molar-refractivity contribution in [2.45, 2.75) is 18.6 Å². The molecule has 1 aromatic rings. The smallest absolute Gasteiger partial charge is 0.251 e. The fourth-order valence-electron chi connectivity index (χ4n) is 1.43. The van der Waals surface area contributed by atoms with Gasteiger partial charge in [-0.3, -0.25) is 4.31 Å². The van der Waals surface area contributed by atoms with Gasteiger partial charge in [0.15, 0.2) is 5.25 Å². The van der Waals surface area contributed by atoms with Crippen LogP contribution in [0.5, 0.6) is 0 Å². The Morgan fingerprint density at radius 3 is 2.65 bits per heavy atom. The Labute approximate surface area is 102 Å². The van der Waals surface area contributed by atoms with Crippen molar-refractivity contribution in [3.63, 3.8) is 0 Å². The van der Waals surface area contributed by atoms with Gasteiger partial charge in [0, 0.05) is 12.7 Å². The Kier molecular flexibility index (Phi) is 3.97. The number of hydrogen-bond donors (Lipinski definition) is 1. The average molecular weight is 253 g/mol. The van der Waals surface area contributed by atoms with E-state index in [1.165, 1.54) is 7.05 Å². The summed E-state index contributed by atoms with van der Waals surface area (Å²) < 4.78 is 25.2. The highest BCUT2D eigenvalue weighted by molar-refractivity contribution is 7.93. The lowest BCUT2D eigenvalue weighted by molar-refractivity contribution is 0.585. The summed E-state index contributed by atoms with van der Waals surface area (Å²) in [5.74, 6) is 0.